The van der Waals surface area contributed by atoms with Crippen LogP contribution in [0.25, 0.3) is 0 Å². The van der Waals surface area contributed by atoms with E-state index in [4.69, 9.17) is 11.6 Å². The van der Waals surface area contributed by atoms with Crippen LogP contribution in [0.15, 0.2) is 23.1 Å². The molecule has 1 aliphatic heterocycles. The van der Waals surface area contributed by atoms with Crippen LogP contribution in [0.5, 0.6) is 0 Å². The van der Waals surface area contributed by atoms with Crippen molar-refractivity contribution in [1.29, 1.82) is 0 Å². The lowest BCUT2D eigenvalue weighted by atomic mass is 10.2. The van der Waals surface area contributed by atoms with Crippen LogP contribution in [-0.2, 0) is 16.2 Å². The van der Waals surface area contributed by atoms with E-state index < -0.39 is 31.7 Å². The fourth-order valence-electron chi connectivity index (χ4n) is 2.73. The lowest BCUT2D eigenvalue weighted by Crippen LogP contribution is -2.32. The van der Waals surface area contributed by atoms with E-state index in [1.54, 1.807) is 0 Å². The van der Waals surface area contributed by atoms with Crippen LogP contribution in [0.1, 0.15) is 5.56 Å². The summed E-state index contributed by atoms with van der Waals surface area (Å²) in [5.74, 6) is 0.461. The average Bonchev–Trinajstić information content (AvgIpc) is 2.82. The molecule has 0 spiro atoms. The van der Waals surface area contributed by atoms with Gasteiger partial charge in [0.25, 0.3) is 0 Å². The smallest absolute Gasteiger partial charge is 0.316 e. The highest BCUT2D eigenvalue weighted by Gasteiger charge is 2.54. The van der Waals surface area contributed by atoms with E-state index >= 15 is 0 Å². The number of nitrogens with one attached hydrogen (secondary N) is 2. The summed E-state index contributed by atoms with van der Waals surface area (Å²) in [6.45, 7) is 1.46. The van der Waals surface area contributed by atoms with Crippen molar-refractivity contribution in [3.8, 4) is 0 Å². The molecule has 1 aliphatic carbocycles. The highest BCUT2D eigenvalue weighted by atomic mass is 35.5. The molecule has 2 N–H and O–H groups in total. The molecule has 2 fully saturated rings. The minimum Gasteiger partial charge on any atom is -0.316 e. The maximum atomic E-state index is 12.8. The fourth-order valence-corrected chi connectivity index (χ4v) is 4.32. The molecule has 1 heterocycles. The number of alkyl halides is 3. The van der Waals surface area contributed by atoms with E-state index in [-0.39, 0.29) is 17.9 Å². The molecular formula is C12H12ClF3N2O2S. The number of piperidine rings is 1. The Bertz CT molecular complexity index is 668. The second kappa shape index (κ2) is 4.84. The lowest BCUT2D eigenvalue weighted by molar-refractivity contribution is -0.137. The Morgan fingerprint density at radius 2 is 1.86 bits per heavy atom. The first-order valence-corrected chi connectivity index (χ1v) is 8.16. The Labute approximate surface area is 124 Å². The predicted octanol–water partition coefficient (Wildman–Crippen LogP) is 1.85. The molecule has 9 heteroatoms. The van der Waals surface area contributed by atoms with E-state index in [9.17, 15) is 21.6 Å². The van der Waals surface area contributed by atoms with Gasteiger partial charge in [-0.2, -0.15) is 13.2 Å². The Hall–Kier alpha value is -0.830. The lowest BCUT2D eigenvalue weighted by Gasteiger charge is -2.12. The summed E-state index contributed by atoms with van der Waals surface area (Å²) in [5, 5.41) is 2.59. The normalized spacial score (nSPS) is 28.5. The molecule has 1 saturated carbocycles. The van der Waals surface area contributed by atoms with E-state index in [1.807, 2.05) is 0 Å². The second-order valence-electron chi connectivity index (χ2n) is 5.27. The highest BCUT2D eigenvalue weighted by Crippen LogP contribution is 2.42. The highest BCUT2D eigenvalue weighted by molar-refractivity contribution is 7.89. The van der Waals surface area contributed by atoms with Crippen LogP contribution in [0.3, 0.4) is 0 Å². The third kappa shape index (κ3) is 2.77. The van der Waals surface area contributed by atoms with E-state index in [2.05, 4.69) is 10.0 Å². The minimum absolute atomic E-state index is 0.193. The zero-order chi connectivity index (χ0) is 15.4. The van der Waals surface area contributed by atoms with Gasteiger partial charge in [0.2, 0.25) is 10.0 Å². The molecule has 2 aliphatic rings. The Balaban J connectivity index is 1.86. The maximum Gasteiger partial charge on any atom is 0.417 e. The van der Waals surface area contributed by atoms with Gasteiger partial charge in [0, 0.05) is 6.04 Å². The van der Waals surface area contributed by atoms with Gasteiger partial charge in [-0.25, -0.2) is 13.1 Å². The van der Waals surface area contributed by atoms with Crippen molar-refractivity contribution in [3.05, 3.63) is 28.8 Å². The summed E-state index contributed by atoms with van der Waals surface area (Å²) in [4.78, 5) is -0.419. The third-order valence-electron chi connectivity index (χ3n) is 3.94. The van der Waals surface area contributed by atoms with Crippen molar-refractivity contribution >= 4 is 21.6 Å². The van der Waals surface area contributed by atoms with Crippen molar-refractivity contribution in [2.24, 2.45) is 11.8 Å². The van der Waals surface area contributed by atoms with Gasteiger partial charge in [0.1, 0.15) is 0 Å². The van der Waals surface area contributed by atoms with Crippen LogP contribution in [0.4, 0.5) is 13.2 Å². The molecule has 3 rings (SSSR count). The number of hydrogen-bond acceptors (Lipinski definition) is 3. The van der Waals surface area contributed by atoms with Crippen LogP contribution in [-0.4, -0.2) is 27.5 Å². The molecule has 2 atom stereocenters. The van der Waals surface area contributed by atoms with Gasteiger partial charge in [-0.05, 0) is 43.1 Å². The van der Waals surface area contributed by atoms with Gasteiger partial charge in [-0.15, -0.1) is 0 Å². The molecule has 0 radical (unpaired) electrons. The van der Waals surface area contributed by atoms with Gasteiger partial charge in [0.05, 0.1) is 15.5 Å². The minimum atomic E-state index is -4.69. The number of sulfonamides is 1. The standard InChI is InChI=1S/C12H12ClF3N2O2S/c13-10-2-1-6(3-9(10)12(14,15)16)21(19,20)18-11-7-4-17-5-8(7)11/h1-3,7-8,11,17-18H,4-5H2. The molecule has 1 aromatic rings. The molecule has 116 valence electrons. The van der Waals surface area contributed by atoms with Gasteiger partial charge < -0.3 is 5.32 Å². The molecule has 0 amide bonds. The molecule has 0 aromatic heterocycles. The van der Waals surface area contributed by atoms with Crippen molar-refractivity contribution in [2.75, 3.05) is 13.1 Å². The summed E-state index contributed by atoms with van der Waals surface area (Å²) in [5.41, 5.74) is -1.15. The quantitative estimate of drug-likeness (QED) is 0.883. The Morgan fingerprint density at radius 1 is 1.24 bits per heavy atom. The molecule has 21 heavy (non-hydrogen) atoms. The zero-order valence-corrected chi connectivity index (χ0v) is 12.2. The van der Waals surface area contributed by atoms with E-state index in [0.29, 0.717) is 6.07 Å². The SMILES string of the molecule is O=S(=O)(NC1C2CNCC21)c1ccc(Cl)c(C(F)(F)F)c1. The summed E-state index contributed by atoms with van der Waals surface area (Å²) in [7, 11) is -3.98. The Kier molecular flexibility index (Phi) is 3.47. The van der Waals surface area contributed by atoms with Crippen LogP contribution in [0, 0.1) is 11.8 Å². The van der Waals surface area contributed by atoms with Gasteiger partial charge in [-0.3, -0.25) is 0 Å². The molecule has 2 unspecified atom stereocenters. The van der Waals surface area contributed by atoms with E-state index in [1.165, 1.54) is 0 Å². The second-order valence-corrected chi connectivity index (χ2v) is 7.39. The topological polar surface area (TPSA) is 58.2 Å². The number of halogens is 4. The molecule has 1 saturated heterocycles. The van der Waals surface area contributed by atoms with E-state index in [0.717, 1.165) is 25.2 Å². The summed E-state index contributed by atoms with van der Waals surface area (Å²) in [6, 6.07) is 2.41. The third-order valence-corrected chi connectivity index (χ3v) is 5.72. The fraction of sp³-hybridized carbons (Fsp3) is 0.500. The molecular weight excluding hydrogens is 329 g/mol. The van der Waals surface area contributed by atoms with Crippen molar-refractivity contribution in [1.82, 2.24) is 10.0 Å². The maximum absolute atomic E-state index is 12.8. The van der Waals surface area contributed by atoms with Crippen molar-refractivity contribution in [2.45, 2.75) is 17.1 Å². The number of hydrogen-bond donors (Lipinski definition) is 2. The molecule has 1 aromatic carbocycles. The van der Waals surface area contributed by atoms with Gasteiger partial charge in [-0.1, -0.05) is 11.6 Å². The molecule has 0 bridgehead atoms. The van der Waals surface area contributed by atoms with Crippen LogP contribution >= 0.6 is 11.6 Å². The average molecular weight is 341 g/mol. The monoisotopic (exact) mass is 340 g/mol. The number of rotatable bonds is 3. The predicted molar refractivity (Wildman–Crippen MR) is 70.4 cm³/mol. The largest absolute Gasteiger partial charge is 0.417 e. The number of fused-ring (bicyclic) bond motifs is 1. The first-order chi connectivity index (χ1) is 9.70. The van der Waals surface area contributed by atoms with Crippen LogP contribution in [0.2, 0.25) is 5.02 Å². The number of benzene rings is 1. The van der Waals surface area contributed by atoms with Gasteiger partial charge >= 0.3 is 6.18 Å². The zero-order valence-electron chi connectivity index (χ0n) is 10.6. The first kappa shape index (κ1) is 15.1. The van der Waals surface area contributed by atoms with Crippen LogP contribution < -0.4 is 10.0 Å². The summed E-state index contributed by atoms with van der Waals surface area (Å²) >= 11 is 5.48. The van der Waals surface area contributed by atoms with Gasteiger partial charge in [0.15, 0.2) is 0 Å². The van der Waals surface area contributed by atoms with Crippen molar-refractivity contribution in [3.63, 3.8) is 0 Å². The van der Waals surface area contributed by atoms with Crippen molar-refractivity contribution < 1.29 is 21.6 Å². The molecule has 4 nitrogen and oxygen atoms in total. The Morgan fingerprint density at radius 3 is 2.43 bits per heavy atom. The first-order valence-electron chi connectivity index (χ1n) is 6.30. The summed E-state index contributed by atoms with van der Waals surface area (Å²) in [6.07, 6.45) is -4.69. The summed E-state index contributed by atoms with van der Waals surface area (Å²) < 4.78 is 65.1.